The van der Waals surface area contributed by atoms with Gasteiger partial charge in [-0.05, 0) is 51.9 Å². The van der Waals surface area contributed by atoms with Gasteiger partial charge in [-0.2, -0.15) is 0 Å². The Kier molecular flexibility index (Phi) is 5.49. The van der Waals surface area contributed by atoms with Crippen LogP contribution in [0, 0.1) is 0 Å². The zero-order valence-electron chi connectivity index (χ0n) is 16.0. The molecule has 4 heteroatoms. The summed E-state index contributed by atoms with van der Waals surface area (Å²) in [5, 5.41) is 0. The molecular formula is C19H33BO2Si. The van der Waals surface area contributed by atoms with Gasteiger partial charge in [-0.15, -0.1) is 0 Å². The molecule has 0 bridgehead atoms. The molecule has 0 radical (unpaired) electrons. The lowest BCUT2D eigenvalue weighted by Gasteiger charge is -2.32. The monoisotopic (exact) mass is 332 g/mol. The summed E-state index contributed by atoms with van der Waals surface area (Å²) in [6.45, 7) is 15.9. The Hall–Kier alpha value is -0.578. The van der Waals surface area contributed by atoms with E-state index in [1.807, 2.05) is 0 Å². The maximum Gasteiger partial charge on any atom is 0.460 e. The normalized spacial score (nSPS) is 21.4. The average Bonchev–Trinajstić information content (AvgIpc) is 2.63. The molecule has 0 aromatic heterocycles. The van der Waals surface area contributed by atoms with Crippen LogP contribution >= 0.6 is 0 Å². The SMILES string of the molecule is CC1(C)OB([C@@H](CCc2ccccc2)C[Si](C)(C)C)OC1(C)C. The molecule has 1 fully saturated rings. The first-order chi connectivity index (χ1) is 10.5. The van der Waals surface area contributed by atoms with E-state index in [1.165, 1.54) is 11.6 Å². The Morgan fingerprint density at radius 1 is 0.957 bits per heavy atom. The van der Waals surface area contributed by atoms with E-state index in [4.69, 9.17) is 9.31 Å². The molecule has 2 nitrogen and oxygen atoms in total. The summed E-state index contributed by atoms with van der Waals surface area (Å²) in [6.07, 6.45) is 2.23. The standard InChI is InChI=1S/C19H33BO2Si/c1-18(2)19(3,4)22-20(21-18)17(15-23(5,6)7)14-13-16-11-9-8-10-12-16/h8-12,17H,13-15H2,1-7H3/t17-/m0/s1. The highest BCUT2D eigenvalue weighted by molar-refractivity contribution is 6.77. The molecule has 0 aliphatic carbocycles. The number of hydrogen-bond donors (Lipinski definition) is 0. The van der Waals surface area contributed by atoms with E-state index >= 15 is 0 Å². The zero-order chi connectivity index (χ0) is 17.3. The molecule has 128 valence electrons. The zero-order valence-corrected chi connectivity index (χ0v) is 17.0. The summed E-state index contributed by atoms with van der Waals surface area (Å²) in [4.78, 5) is 0. The minimum atomic E-state index is -1.18. The molecule has 2 rings (SSSR count). The van der Waals surface area contributed by atoms with Crippen LogP contribution in [0.1, 0.15) is 39.7 Å². The van der Waals surface area contributed by atoms with Crippen LogP contribution in [-0.4, -0.2) is 26.4 Å². The Labute approximate surface area is 144 Å². The van der Waals surface area contributed by atoms with Crippen molar-refractivity contribution in [2.75, 3.05) is 0 Å². The first-order valence-corrected chi connectivity index (χ1v) is 12.6. The summed E-state index contributed by atoms with van der Waals surface area (Å²) >= 11 is 0. The van der Waals surface area contributed by atoms with Crippen molar-refractivity contribution in [1.29, 1.82) is 0 Å². The molecule has 0 N–H and O–H groups in total. The van der Waals surface area contributed by atoms with Gasteiger partial charge >= 0.3 is 7.12 Å². The fourth-order valence-corrected chi connectivity index (χ4v) is 5.17. The van der Waals surface area contributed by atoms with E-state index in [0.717, 1.165) is 12.8 Å². The van der Waals surface area contributed by atoms with Gasteiger partial charge in [0.1, 0.15) is 0 Å². The lowest BCUT2D eigenvalue weighted by atomic mass is 9.70. The van der Waals surface area contributed by atoms with Crippen molar-refractivity contribution < 1.29 is 9.31 Å². The second kappa shape index (κ2) is 6.73. The Morgan fingerprint density at radius 3 is 1.96 bits per heavy atom. The molecule has 1 atom stereocenters. The maximum absolute atomic E-state index is 6.36. The highest BCUT2D eigenvalue weighted by atomic mass is 28.3. The van der Waals surface area contributed by atoms with Gasteiger partial charge in [-0.3, -0.25) is 0 Å². The van der Waals surface area contributed by atoms with Crippen molar-refractivity contribution in [2.45, 2.75) is 83.2 Å². The first kappa shape index (κ1) is 18.8. The minimum Gasteiger partial charge on any atom is -0.403 e. The van der Waals surface area contributed by atoms with Crippen LogP contribution < -0.4 is 0 Å². The Morgan fingerprint density at radius 2 is 1.48 bits per heavy atom. The van der Waals surface area contributed by atoms with Gasteiger partial charge in [0.05, 0.1) is 11.2 Å². The number of hydrogen-bond acceptors (Lipinski definition) is 2. The predicted molar refractivity (Wildman–Crippen MR) is 103 cm³/mol. The lowest BCUT2D eigenvalue weighted by Crippen LogP contribution is -2.41. The van der Waals surface area contributed by atoms with Gasteiger partial charge in [0.15, 0.2) is 0 Å². The third-order valence-electron chi connectivity index (χ3n) is 5.18. The molecule has 0 amide bonds. The quantitative estimate of drug-likeness (QED) is 0.648. The Bertz CT molecular complexity index is 492. The van der Waals surface area contributed by atoms with Crippen molar-refractivity contribution in [1.82, 2.24) is 0 Å². The molecule has 23 heavy (non-hydrogen) atoms. The van der Waals surface area contributed by atoms with Crippen LogP contribution in [0.25, 0.3) is 0 Å². The molecule has 1 aliphatic heterocycles. The van der Waals surface area contributed by atoms with Gasteiger partial charge < -0.3 is 9.31 Å². The fraction of sp³-hybridized carbons (Fsp3) is 0.684. The second-order valence-corrected chi connectivity index (χ2v) is 14.7. The predicted octanol–water partition coefficient (Wildman–Crippen LogP) is 5.42. The highest BCUT2D eigenvalue weighted by Crippen LogP contribution is 2.43. The summed E-state index contributed by atoms with van der Waals surface area (Å²) in [5.41, 5.74) is 0.939. The summed E-state index contributed by atoms with van der Waals surface area (Å²) in [7, 11) is -1.25. The number of rotatable bonds is 6. The van der Waals surface area contributed by atoms with E-state index in [0.29, 0.717) is 5.82 Å². The van der Waals surface area contributed by atoms with Crippen LogP contribution in [0.4, 0.5) is 0 Å². The molecule has 0 unspecified atom stereocenters. The average molecular weight is 332 g/mol. The Balaban J connectivity index is 2.09. The van der Waals surface area contributed by atoms with Crippen molar-refractivity contribution in [2.24, 2.45) is 0 Å². The highest BCUT2D eigenvalue weighted by Gasteiger charge is 2.53. The van der Waals surface area contributed by atoms with Gasteiger partial charge in [0.2, 0.25) is 0 Å². The van der Waals surface area contributed by atoms with Crippen LogP contribution in [0.15, 0.2) is 30.3 Å². The lowest BCUT2D eigenvalue weighted by molar-refractivity contribution is 0.00578. The summed E-state index contributed by atoms with van der Waals surface area (Å²) in [5.74, 6) is 0.475. The first-order valence-electron chi connectivity index (χ1n) is 8.90. The van der Waals surface area contributed by atoms with E-state index < -0.39 is 8.07 Å². The van der Waals surface area contributed by atoms with Gasteiger partial charge in [-0.1, -0.05) is 56.0 Å². The van der Waals surface area contributed by atoms with Crippen LogP contribution in [0.3, 0.4) is 0 Å². The molecule has 1 heterocycles. The second-order valence-electron chi connectivity index (χ2n) is 9.17. The third-order valence-corrected chi connectivity index (χ3v) is 6.93. The van der Waals surface area contributed by atoms with E-state index in [-0.39, 0.29) is 18.3 Å². The fourth-order valence-electron chi connectivity index (χ4n) is 3.20. The van der Waals surface area contributed by atoms with E-state index in [1.54, 1.807) is 0 Å². The van der Waals surface area contributed by atoms with Crippen LogP contribution in [0.5, 0.6) is 0 Å². The molecule has 1 saturated heterocycles. The molecule has 1 aromatic rings. The van der Waals surface area contributed by atoms with E-state index in [9.17, 15) is 0 Å². The third kappa shape index (κ3) is 4.95. The molecule has 1 aliphatic rings. The van der Waals surface area contributed by atoms with Crippen LogP contribution in [-0.2, 0) is 15.7 Å². The summed E-state index contributed by atoms with van der Waals surface area (Å²) < 4.78 is 12.7. The van der Waals surface area contributed by atoms with Crippen LogP contribution in [0.2, 0.25) is 31.5 Å². The van der Waals surface area contributed by atoms with Gasteiger partial charge in [0, 0.05) is 8.07 Å². The molecule has 0 spiro atoms. The van der Waals surface area contributed by atoms with Gasteiger partial charge in [0.25, 0.3) is 0 Å². The maximum atomic E-state index is 6.36. The van der Waals surface area contributed by atoms with Crippen molar-refractivity contribution in [3.8, 4) is 0 Å². The summed E-state index contributed by atoms with van der Waals surface area (Å²) in [6, 6.07) is 12.0. The molecule has 1 aromatic carbocycles. The minimum absolute atomic E-state index is 0.0737. The number of benzene rings is 1. The molecule has 0 saturated carbocycles. The molecular weight excluding hydrogens is 299 g/mol. The van der Waals surface area contributed by atoms with E-state index in [2.05, 4.69) is 77.7 Å². The van der Waals surface area contributed by atoms with Crippen molar-refractivity contribution >= 4 is 15.2 Å². The largest absolute Gasteiger partial charge is 0.460 e. The van der Waals surface area contributed by atoms with Crippen molar-refractivity contribution in [3.05, 3.63) is 35.9 Å². The van der Waals surface area contributed by atoms with Crippen molar-refractivity contribution in [3.63, 3.8) is 0 Å². The number of aryl methyl sites for hydroxylation is 1. The topological polar surface area (TPSA) is 18.5 Å². The van der Waals surface area contributed by atoms with Gasteiger partial charge in [-0.25, -0.2) is 0 Å². The smallest absolute Gasteiger partial charge is 0.403 e.